The van der Waals surface area contributed by atoms with Crippen molar-refractivity contribution >= 4 is 56.5 Å². The van der Waals surface area contributed by atoms with E-state index in [4.69, 9.17) is 23.2 Å². The summed E-state index contributed by atoms with van der Waals surface area (Å²) < 4.78 is 43.1. The van der Waals surface area contributed by atoms with Crippen LogP contribution in [0.15, 0.2) is 47.1 Å². The molecule has 1 aliphatic heterocycles. The predicted octanol–water partition coefficient (Wildman–Crippen LogP) is 6.26. The molecule has 0 saturated carbocycles. The molecule has 0 saturated heterocycles. The van der Waals surface area contributed by atoms with Crippen molar-refractivity contribution in [2.75, 3.05) is 10.6 Å². The van der Waals surface area contributed by atoms with E-state index in [9.17, 15) is 18.0 Å². The average Bonchev–Trinajstić information content (AvgIpc) is 3.05. The molecule has 3 heterocycles. The number of halogens is 6. The first kappa shape index (κ1) is 21.9. The van der Waals surface area contributed by atoms with Gasteiger partial charge in [-0.2, -0.15) is 18.3 Å². The SMILES string of the molecule is O=C(Nc1cccnc1Cl)c1nn2c(c1Cl)NC(c1ccc(Br)cc1)CC2C(F)(F)F. The zero-order chi connectivity index (χ0) is 22.3. The molecule has 2 unspecified atom stereocenters. The number of hydrogen-bond acceptors (Lipinski definition) is 4. The molecule has 31 heavy (non-hydrogen) atoms. The molecule has 0 aliphatic carbocycles. The van der Waals surface area contributed by atoms with Crippen LogP contribution in [0.2, 0.25) is 10.2 Å². The number of rotatable bonds is 3. The Morgan fingerprint density at radius 1 is 1.23 bits per heavy atom. The molecule has 0 radical (unpaired) electrons. The van der Waals surface area contributed by atoms with Gasteiger partial charge in [-0.3, -0.25) is 4.79 Å². The van der Waals surface area contributed by atoms with Gasteiger partial charge in [-0.05, 0) is 29.8 Å². The third kappa shape index (κ3) is 4.37. The lowest BCUT2D eigenvalue weighted by Crippen LogP contribution is -2.35. The molecule has 1 amide bonds. The fourth-order valence-corrected chi connectivity index (χ4v) is 4.00. The Bertz CT molecular complexity index is 1140. The Balaban J connectivity index is 1.71. The maximum atomic E-state index is 13.8. The molecule has 162 valence electrons. The van der Waals surface area contributed by atoms with E-state index in [0.29, 0.717) is 5.56 Å². The van der Waals surface area contributed by atoms with E-state index in [1.807, 2.05) is 0 Å². The molecule has 0 fully saturated rings. The van der Waals surface area contributed by atoms with E-state index >= 15 is 0 Å². The molecule has 0 spiro atoms. The van der Waals surface area contributed by atoms with Crippen molar-refractivity contribution in [3.8, 4) is 0 Å². The lowest BCUT2D eigenvalue weighted by atomic mass is 9.97. The Morgan fingerprint density at radius 2 is 1.94 bits per heavy atom. The fraction of sp³-hybridized carbons (Fsp3) is 0.211. The first-order valence-corrected chi connectivity index (χ1v) is 10.5. The summed E-state index contributed by atoms with van der Waals surface area (Å²) in [4.78, 5) is 16.5. The van der Waals surface area contributed by atoms with Gasteiger partial charge in [-0.25, -0.2) is 9.67 Å². The molecule has 3 aromatic rings. The number of pyridine rings is 1. The Kier molecular flexibility index (Phi) is 5.89. The van der Waals surface area contributed by atoms with Gasteiger partial charge in [0.1, 0.15) is 10.8 Å². The number of amides is 1. The van der Waals surface area contributed by atoms with Gasteiger partial charge in [0, 0.05) is 17.1 Å². The zero-order valence-electron chi connectivity index (χ0n) is 15.4. The van der Waals surface area contributed by atoms with Crippen LogP contribution in [0.3, 0.4) is 0 Å². The summed E-state index contributed by atoms with van der Waals surface area (Å²) in [5.41, 5.74) is 0.480. The van der Waals surface area contributed by atoms with Crippen LogP contribution in [-0.4, -0.2) is 26.8 Å². The molecule has 6 nitrogen and oxygen atoms in total. The lowest BCUT2D eigenvalue weighted by Gasteiger charge is -2.33. The largest absolute Gasteiger partial charge is 0.410 e. The number of nitrogens with zero attached hydrogens (tertiary/aromatic N) is 3. The van der Waals surface area contributed by atoms with Crippen LogP contribution in [0.1, 0.15) is 34.6 Å². The molecule has 2 atom stereocenters. The highest BCUT2D eigenvalue weighted by molar-refractivity contribution is 9.10. The van der Waals surface area contributed by atoms with Gasteiger partial charge < -0.3 is 10.6 Å². The molecular formula is C19H13BrCl2F3N5O. The number of fused-ring (bicyclic) bond motifs is 1. The topological polar surface area (TPSA) is 71.8 Å². The van der Waals surface area contributed by atoms with E-state index in [1.54, 1.807) is 30.3 Å². The highest BCUT2D eigenvalue weighted by atomic mass is 79.9. The predicted molar refractivity (Wildman–Crippen MR) is 115 cm³/mol. The second kappa shape index (κ2) is 8.33. The maximum Gasteiger partial charge on any atom is 0.410 e. The maximum absolute atomic E-state index is 13.8. The van der Waals surface area contributed by atoms with Crippen molar-refractivity contribution < 1.29 is 18.0 Å². The van der Waals surface area contributed by atoms with Gasteiger partial charge in [0.2, 0.25) is 0 Å². The molecule has 2 N–H and O–H groups in total. The van der Waals surface area contributed by atoms with Crippen molar-refractivity contribution in [1.82, 2.24) is 14.8 Å². The third-order valence-corrected chi connectivity index (χ3v) is 5.98. The number of benzene rings is 1. The Morgan fingerprint density at radius 3 is 2.58 bits per heavy atom. The molecule has 1 aromatic carbocycles. The monoisotopic (exact) mass is 533 g/mol. The quantitative estimate of drug-likeness (QED) is 0.389. The van der Waals surface area contributed by atoms with Gasteiger partial charge in [0.05, 0.1) is 11.7 Å². The van der Waals surface area contributed by atoms with Gasteiger partial charge >= 0.3 is 6.18 Å². The molecular weight excluding hydrogens is 522 g/mol. The highest BCUT2D eigenvalue weighted by Crippen LogP contribution is 2.46. The minimum atomic E-state index is -4.60. The van der Waals surface area contributed by atoms with E-state index in [0.717, 1.165) is 9.15 Å². The van der Waals surface area contributed by atoms with Crippen molar-refractivity contribution in [1.29, 1.82) is 0 Å². The standard InChI is InChI=1S/C19H13BrCl2F3N5O/c20-10-5-3-9(4-6-10)12-8-13(19(23,24)25)30-17(27-12)14(21)15(29-30)18(31)28-11-2-1-7-26-16(11)22/h1-7,12-13,27H,8H2,(H,28,31). The molecule has 2 aromatic heterocycles. The summed E-state index contributed by atoms with van der Waals surface area (Å²) in [5, 5.41) is 9.16. The fourth-order valence-electron chi connectivity index (χ4n) is 3.31. The van der Waals surface area contributed by atoms with Crippen LogP contribution in [-0.2, 0) is 0 Å². The van der Waals surface area contributed by atoms with Crippen LogP contribution in [0.25, 0.3) is 0 Å². The Hall–Kier alpha value is -2.30. The van der Waals surface area contributed by atoms with E-state index in [-0.39, 0.29) is 33.8 Å². The molecule has 4 rings (SSSR count). The van der Waals surface area contributed by atoms with Crippen LogP contribution in [0.5, 0.6) is 0 Å². The number of hydrogen-bond donors (Lipinski definition) is 2. The van der Waals surface area contributed by atoms with Crippen LogP contribution < -0.4 is 10.6 Å². The van der Waals surface area contributed by atoms with Crippen LogP contribution >= 0.6 is 39.1 Å². The summed E-state index contributed by atoms with van der Waals surface area (Å²) in [6.45, 7) is 0. The minimum Gasteiger partial charge on any atom is -0.362 e. The smallest absolute Gasteiger partial charge is 0.362 e. The average molecular weight is 535 g/mol. The number of aromatic nitrogens is 3. The summed E-state index contributed by atoms with van der Waals surface area (Å²) in [6.07, 6.45) is -3.48. The van der Waals surface area contributed by atoms with Crippen molar-refractivity contribution in [2.24, 2.45) is 0 Å². The number of carbonyl (C=O) groups excluding carboxylic acids is 1. The normalized spacial score (nSPS) is 18.3. The molecule has 0 bridgehead atoms. The van der Waals surface area contributed by atoms with Gasteiger partial charge in [0.15, 0.2) is 16.9 Å². The zero-order valence-corrected chi connectivity index (χ0v) is 18.5. The van der Waals surface area contributed by atoms with Crippen molar-refractivity contribution in [3.63, 3.8) is 0 Å². The Labute approximate surface area is 192 Å². The van der Waals surface area contributed by atoms with Gasteiger partial charge in [0.25, 0.3) is 5.91 Å². The van der Waals surface area contributed by atoms with Crippen molar-refractivity contribution in [3.05, 3.63) is 68.5 Å². The summed E-state index contributed by atoms with van der Waals surface area (Å²) >= 11 is 15.5. The second-order valence-electron chi connectivity index (χ2n) is 6.79. The van der Waals surface area contributed by atoms with Crippen LogP contribution in [0, 0.1) is 0 Å². The first-order valence-electron chi connectivity index (χ1n) is 8.93. The number of carbonyl (C=O) groups is 1. The minimum absolute atomic E-state index is 0.0255. The first-order chi connectivity index (χ1) is 14.6. The van der Waals surface area contributed by atoms with Crippen LogP contribution in [0.4, 0.5) is 24.7 Å². The summed E-state index contributed by atoms with van der Waals surface area (Å²) in [6, 6.07) is 7.32. The summed E-state index contributed by atoms with van der Waals surface area (Å²) in [7, 11) is 0. The third-order valence-electron chi connectivity index (χ3n) is 4.79. The van der Waals surface area contributed by atoms with Gasteiger partial charge in [-0.15, -0.1) is 0 Å². The number of anilines is 2. The lowest BCUT2D eigenvalue weighted by molar-refractivity contribution is -0.173. The molecule has 1 aliphatic rings. The number of alkyl halides is 3. The summed E-state index contributed by atoms with van der Waals surface area (Å²) in [5.74, 6) is -0.879. The van der Waals surface area contributed by atoms with E-state index < -0.39 is 24.2 Å². The second-order valence-corrected chi connectivity index (χ2v) is 8.44. The van der Waals surface area contributed by atoms with E-state index in [2.05, 4.69) is 36.6 Å². The number of nitrogens with one attached hydrogen (secondary N) is 2. The van der Waals surface area contributed by atoms with Gasteiger partial charge in [-0.1, -0.05) is 51.3 Å². The van der Waals surface area contributed by atoms with Crippen molar-refractivity contribution in [2.45, 2.75) is 24.7 Å². The molecule has 12 heteroatoms. The van der Waals surface area contributed by atoms with E-state index in [1.165, 1.54) is 12.3 Å². The highest BCUT2D eigenvalue weighted by Gasteiger charge is 2.47.